The van der Waals surface area contributed by atoms with Gasteiger partial charge in [0, 0.05) is 42.9 Å². The van der Waals surface area contributed by atoms with Crippen LogP contribution in [0.4, 0.5) is 0 Å². The highest BCUT2D eigenvalue weighted by atomic mass is 32.1. The lowest BCUT2D eigenvalue weighted by Crippen LogP contribution is -2.82. The monoisotopic (exact) mass is 754 g/mol. The average Bonchev–Trinajstić information content (AvgIpc) is 3.64. The van der Waals surface area contributed by atoms with Gasteiger partial charge in [-0.05, 0) is 48.6 Å². The molecule has 2 heterocycles. The lowest BCUT2D eigenvalue weighted by atomic mass is 9.44. The summed E-state index contributed by atoms with van der Waals surface area (Å²) in [7, 11) is 0. The normalized spacial score (nSPS) is 35.5. The zero-order valence-electron chi connectivity index (χ0n) is 30.7. The maximum atomic E-state index is 15.1. The third-order valence-corrected chi connectivity index (χ3v) is 13.2. The second-order valence-corrected chi connectivity index (χ2v) is 16.4. The molecule has 14 heteroatoms. The lowest BCUT2D eigenvalue weighted by molar-refractivity contribution is -0.346. The van der Waals surface area contributed by atoms with E-state index < -0.39 is 107 Å². The Morgan fingerprint density at radius 2 is 1.66 bits per heavy atom. The Morgan fingerprint density at radius 1 is 0.981 bits per heavy atom. The minimum atomic E-state index is -2.28. The molecule has 2 saturated carbocycles. The molecule has 0 unspecified atom stereocenters. The minimum absolute atomic E-state index is 0.00498. The first kappa shape index (κ1) is 38.8. The number of ether oxygens (including phenoxy) is 5. The number of carbonyl (C=O) groups is 5. The van der Waals surface area contributed by atoms with Gasteiger partial charge in [0.05, 0.1) is 23.5 Å². The van der Waals surface area contributed by atoms with E-state index >= 15 is 4.79 Å². The number of aliphatic hydroxyl groups excluding tert-OH is 2. The van der Waals surface area contributed by atoms with Crippen molar-refractivity contribution in [1.82, 2.24) is 0 Å². The smallest absolute Gasteiger partial charge is 0.338 e. The number of aliphatic hydroxyl groups is 3. The molecule has 0 amide bonds. The van der Waals surface area contributed by atoms with Crippen LogP contribution < -0.4 is 0 Å². The summed E-state index contributed by atoms with van der Waals surface area (Å²) in [6.07, 6.45) is -9.42. The first-order valence-electron chi connectivity index (χ1n) is 17.6. The van der Waals surface area contributed by atoms with Crippen LogP contribution in [0.1, 0.15) is 82.5 Å². The first-order valence-corrected chi connectivity index (χ1v) is 18.5. The van der Waals surface area contributed by atoms with Crippen molar-refractivity contribution in [3.63, 3.8) is 0 Å². The van der Waals surface area contributed by atoms with Crippen molar-refractivity contribution < 1.29 is 63.0 Å². The van der Waals surface area contributed by atoms with Gasteiger partial charge in [-0.1, -0.05) is 45.0 Å². The Bertz CT molecular complexity index is 1820. The number of carbonyl (C=O) groups excluding carboxylic acids is 5. The zero-order valence-corrected chi connectivity index (χ0v) is 31.5. The number of hydrogen-bond acceptors (Lipinski definition) is 14. The van der Waals surface area contributed by atoms with E-state index in [2.05, 4.69) is 0 Å². The molecule has 53 heavy (non-hydrogen) atoms. The van der Waals surface area contributed by atoms with Gasteiger partial charge >= 0.3 is 23.9 Å². The molecule has 11 atom stereocenters. The number of Topliss-reactive ketones (excluding diaryl/α,β-unsaturated/α-hetero) is 1. The topological polar surface area (TPSA) is 192 Å². The van der Waals surface area contributed by atoms with E-state index in [1.54, 1.807) is 58.0 Å². The summed E-state index contributed by atoms with van der Waals surface area (Å²) in [6.45, 7) is 9.92. The molecule has 0 radical (unpaired) electrons. The van der Waals surface area contributed by atoms with E-state index in [9.17, 15) is 34.5 Å². The number of thiophene rings is 1. The van der Waals surface area contributed by atoms with Gasteiger partial charge in [-0.3, -0.25) is 14.4 Å². The van der Waals surface area contributed by atoms with Gasteiger partial charge in [0.1, 0.15) is 36.1 Å². The predicted molar refractivity (Wildman–Crippen MR) is 187 cm³/mol. The minimum Gasteiger partial charge on any atom is -0.461 e. The Balaban J connectivity index is 1.57. The Kier molecular flexibility index (Phi) is 10.0. The van der Waals surface area contributed by atoms with Crippen molar-refractivity contribution in [2.24, 2.45) is 16.7 Å². The van der Waals surface area contributed by atoms with Crippen molar-refractivity contribution in [3.8, 4) is 0 Å². The third kappa shape index (κ3) is 6.02. The van der Waals surface area contributed by atoms with Crippen molar-refractivity contribution >= 4 is 41.0 Å². The van der Waals surface area contributed by atoms with Crippen LogP contribution in [0.2, 0.25) is 0 Å². The molecule has 1 aromatic carbocycles. The fourth-order valence-electron chi connectivity index (χ4n) is 9.24. The van der Waals surface area contributed by atoms with Gasteiger partial charge in [0.25, 0.3) is 0 Å². The maximum Gasteiger partial charge on any atom is 0.338 e. The van der Waals surface area contributed by atoms with Crippen LogP contribution in [0, 0.1) is 16.7 Å². The van der Waals surface area contributed by atoms with Crippen LogP contribution in [0.3, 0.4) is 0 Å². The number of hydrogen-bond donors (Lipinski definition) is 3. The van der Waals surface area contributed by atoms with Crippen molar-refractivity contribution in [2.75, 3.05) is 6.61 Å². The second-order valence-electron chi connectivity index (χ2n) is 15.4. The summed E-state index contributed by atoms with van der Waals surface area (Å²) in [4.78, 5) is 69.0. The highest BCUT2D eigenvalue weighted by Crippen LogP contribution is 2.64. The molecule has 1 saturated heterocycles. The van der Waals surface area contributed by atoms with E-state index in [0.29, 0.717) is 0 Å². The van der Waals surface area contributed by atoms with Gasteiger partial charge in [0.2, 0.25) is 0 Å². The molecule has 0 spiro atoms. The Labute approximate surface area is 311 Å². The van der Waals surface area contributed by atoms with E-state index in [4.69, 9.17) is 23.7 Å². The summed E-state index contributed by atoms with van der Waals surface area (Å²) in [5.74, 6) is -6.36. The number of benzene rings is 1. The van der Waals surface area contributed by atoms with Gasteiger partial charge in [-0.2, -0.15) is 0 Å². The quantitative estimate of drug-likeness (QED) is 0.202. The van der Waals surface area contributed by atoms with Crippen LogP contribution in [0.5, 0.6) is 0 Å². The number of esters is 4. The molecular formula is C39H46O13S. The molecule has 4 aliphatic rings. The van der Waals surface area contributed by atoms with Crippen molar-refractivity contribution in [1.29, 1.82) is 0 Å². The van der Waals surface area contributed by atoms with E-state index in [-0.39, 0.29) is 29.7 Å². The van der Waals surface area contributed by atoms with Gasteiger partial charge in [-0.25, -0.2) is 9.59 Å². The third-order valence-electron chi connectivity index (χ3n) is 12.2. The summed E-state index contributed by atoms with van der Waals surface area (Å²) >= 11 is 1.36. The fourth-order valence-corrected chi connectivity index (χ4v) is 10.1. The maximum absolute atomic E-state index is 15.1. The number of fused-ring (bicyclic) bond motifs is 5. The van der Waals surface area contributed by atoms with Gasteiger partial charge in [-0.15, -0.1) is 11.3 Å². The molecule has 2 aromatic rings. The highest BCUT2D eigenvalue weighted by molar-refractivity contribution is 7.10. The zero-order chi connectivity index (χ0) is 38.8. The first-order chi connectivity index (χ1) is 24.8. The highest BCUT2D eigenvalue weighted by Gasteiger charge is 2.78. The summed E-state index contributed by atoms with van der Waals surface area (Å²) in [6, 6.07) is 11.5. The molecule has 3 N–H and O–H groups in total. The summed E-state index contributed by atoms with van der Waals surface area (Å²) < 4.78 is 30.0. The van der Waals surface area contributed by atoms with E-state index in [1.807, 2.05) is 5.38 Å². The van der Waals surface area contributed by atoms with Crippen LogP contribution in [0.25, 0.3) is 0 Å². The molecule has 6 rings (SSSR count). The largest absolute Gasteiger partial charge is 0.461 e. The standard InChI is InChI=1S/C39H46O13S/c1-19-24(50-35(46)29(42)20(2)25-14-11-15-53-25)17-39(47)33(51-34(45)23-12-9-8-10-13-23)31-37(7,32(44)30(43)28(19)36(39,5)6)26(49-21(3)40)16-27-38(31,18-48-27)52-22(4)41/h8-15,20,24,26-27,29-31,33,42-43,47H,16-18H2,1-7H3/t20-,24-,26-,27+,29+,30+,31-,33-,37+,38-,39+/m0/s1. The molecule has 3 aliphatic carbocycles. The Morgan fingerprint density at radius 3 is 2.23 bits per heavy atom. The molecule has 1 aliphatic heterocycles. The van der Waals surface area contributed by atoms with Crippen LogP contribution in [-0.2, 0) is 42.9 Å². The lowest BCUT2D eigenvalue weighted by Gasteiger charge is -2.67. The average molecular weight is 755 g/mol. The molecule has 1 aromatic heterocycles. The molecular weight excluding hydrogens is 708 g/mol. The SMILES string of the molecule is CC(=O)O[C@H]1C[C@H]2OC[C@@]2(OC(C)=O)[C@H]2[C@H](OC(=O)c3ccccc3)[C@]3(O)C[C@H](OC(=O)[C@H](O)[C@@H](C)c4cccs4)C(C)=C([C@@H](O)C(=O)[C@]12C)C3(C)C. The predicted octanol–water partition coefficient (Wildman–Crippen LogP) is 3.43. The van der Waals surface area contributed by atoms with Crippen molar-refractivity contribution in [2.45, 2.75) is 115 Å². The molecule has 3 fully saturated rings. The Hall–Kier alpha value is -3.95. The van der Waals surface area contributed by atoms with Crippen LogP contribution >= 0.6 is 11.3 Å². The fraction of sp³-hybridized carbons (Fsp3) is 0.564. The summed E-state index contributed by atoms with van der Waals surface area (Å²) in [5, 5.41) is 38.6. The van der Waals surface area contributed by atoms with Gasteiger partial charge < -0.3 is 39.0 Å². The number of rotatable bonds is 8. The molecule has 13 nitrogen and oxygen atoms in total. The van der Waals surface area contributed by atoms with Crippen molar-refractivity contribution in [3.05, 3.63) is 69.4 Å². The molecule has 2 bridgehead atoms. The van der Waals surface area contributed by atoms with Crippen LogP contribution in [-0.4, -0.2) is 99.4 Å². The number of ketones is 1. The van der Waals surface area contributed by atoms with E-state index in [1.165, 1.54) is 37.3 Å². The summed E-state index contributed by atoms with van der Waals surface area (Å²) in [5.41, 5.74) is -7.14. The van der Waals surface area contributed by atoms with Crippen LogP contribution in [0.15, 0.2) is 59.0 Å². The van der Waals surface area contributed by atoms with Gasteiger partial charge in [0.15, 0.2) is 17.5 Å². The molecule has 286 valence electrons. The van der Waals surface area contributed by atoms with E-state index in [0.717, 1.165) is 11.8 Å². The second kappa shape index (κ2) is 13.7.